The average Bonchev–Trinajstić information content (AvgIpc) is 3.45. The number of esters is 1. The van der Waals surface area contributed by atoms with Crippen molar-refractivity contribution in [1.29, 1.82) is 0 Å². The Morgan fingerprint density at radius 2 is 1.93 bits per heavy atom. The summed E-state index contributed by atoms with van der Waals surface area (Å²) < 4.78 is 15.9. The number of hydrogen-bond acceptors (Lipinski definition) is 7. The number of anilines is 1. The molecule has 0 aliphatic carbocycles. The first-order valence-electron chi connectivity index (χ1n) is 9.75. The molecule has 8 nitrogen and oxygen atoms in total. The van der Waals surface area contributed by atoms with E-state index in [1.807, 2.05) is 11.4 Å². The van der Waals surface area contributed by atoms with Gasteiger partial charge in [-0.1, -0.05) is 6.07 Å². The predicted molar refractivity (Wildman–Crippen MR) is 110 cm³/mol. The smallest absolute Gasteiger partial charge is 0.309 e. The largest absolute Gasteiger partial charge is 0.454 e. The number of benzene rings is 1. The number of carbonyl (C=O) groups excluding carboxylic acids is 3. The fourth-order valence-electron chi connectivity index (χ4n) is 3.42. The van der Waals surface area contributed by atoms with Crippen molar-refractivity contribution < 1.29 is 28.6 Å². The van der Waals surface area contributed by atoms with Crippen LogP contribution < -0.4 is 14.8 Å². The standard InChI is InChI=1S/C21H22N2O6S/c1-13(19(24)22-15-4-5-16-17(11-15)28-12-27-16)29-21(26)14-6-8-23(9-7-14)20(25)18-3-2-10-30-18/h2-5,10-11,13-14H,6-9,12H2,1H3,(H,22,24)/t13-/m1/s1. The lowest BCUT2D eigenvalue weighted by atomic mass is 9.97. The van der Waals surface area contributed by atoms with Crippen LogP contribution >= 0.6 is 11.3 Å². The number of nitrogens with one attached hydrogen (secondary N) is 1. The highest BCUT2D eigenvalue weighted by Crippen LogP contribution is 2.34. The van der Waals surface area contributed by atoms with Crippen molar-refractivity contribution in [3.63, 3.8) is 0 Å². The number of carbonyl (C=O) groups is 3. The molecule has 0 bridgehead atoms. The molecule has 9 heteroatoms. The molecule has 1 atom stereocenters. The third kappa shape index (κ3) is 4.40. The third-order valence-corrected chi connectivity index (χ3v) is 6.01. The Morgan fingerprint density at radius 3 is 2.67 bits per heavy atom. The maximum Gasteiger partial charge on any atom is 0.309 e. The highest BCUT2D eigenvalue weighted by atomic mass is 32.1. The van der Waals surface area contributed by atoms with Crippen LogP contribution in [0.4, 0.5) is 5.69 Å². The maximum atomic E-state index is 12.5. The van der Waals surface area contributed by atoms with Crippen molar-refractivity contribution in [2.24, 2.45) is 5.92 Å². The Balaban J connectivity index is 1.25. The van der Waals surface area contributed by atoms with Crippen molar-refractivity contribution >= 4 is 34.8 Å². The lowest BCUT2D eigenvalue weighted by Crippen LogP contribution is -2.41. The quantitative estimate of drug-likeness (QED) is 0.733. The van der Waals surface area contributed by atoms with Crippen LogP contribution in [0, 0.1) is 5.92 Å². The molecule has 2 aliphatic heterocycles. The minimum absolute atomic E-state index is 0.00621. The second-order valence-electron chi connectivity index (χ2n) is 7.18. The van der Waals surface area contributed by atoms with Crippen LogP contribution in [0.25, 0.3) is 0 Å². The summed E-state index contributed by atoms with van der Waals surface area (Å²) in [4.78, 5) is 39.7. The topological polar surface area (TPSA) is 94.2 Å². The molecule has 4 rings (SSSR count). The summed E-state index contributed by atoms with van der Waals surface area (Å²) in [6.07, 6.45) is 0.104. The van der Waals surface area contributed by atoms with Gasteiger partial charge in [0, 0.05) is 24.8 Å². The van der Waals surface area contributed by atoms with Crippen LogP contribution in [-0.4, -0.2) is 48.7 Å². The van der Waals surface area contributed by atoms with Crippen LogP contribution in [0.15, 0.2) is 35.7 Å². The van der Waals surface area contributed by atoms with Crippen LogP contribution in [0.3, 0.4) is 0 Å². The zero-order valence-electron chi connectivity index (χ0n) is 16.5. The first-order chi connectivity index (χ1) is 14.5. The molecule has 2 aliphatic rings. The Labute approximate surface area is 177 Å². The van der Waals surface area contributed by atoms with Crippen LogP contribution in [0.5, 0.6) is 11.5 Å². The second kappa shape index (κ2) is 8.74. The molecule has 30 heavy (non-hydrogen) atoms. The van der Waals surface area contributed by atoms with Crippen LogP contribution in [-0.2, 0) is 14.3 Å². The number of amides is 2. The fourth-order valence-corrected chi connectivity index (χ4v) is 4.11. The van der Waals surface area contributed by atoms with Gasteiger partial charge in [0.1, 0.15) is 0 Å². The number of thiophene rings is 1. The summed E-state index contributed by atoms with van der Waals surface area (Å²) in [5.74, 6) is 0.0169. The number of nitrogens with zero attached hydrogens (tertiary/aromatic N) is 1. The summed E-state index contributed by atoms with van der Waals surface area (Å²) in [7, 11) is 0. The molecule has 0 unspecified atom stereocenters. The summed E-state index contributed by atoms with van der Waals surface area (Å²) in [5, 5.41) is 4.58. The molecule has 3 heterocycles. The highest BCUT2D eigenvalue weighted by molar-refractivity contribution is 7.12. The number of rotatable bonds is 5. The Hall–Kier alpha value is -3.07. The van der Waals surface area contributed by atoms with E-state index in [4.69, 9.17) is 14.2 Å². The van der Waals surface area contributed by atoms with E-state index in [1.54, 1.807) is 29.2 Å². The molecule has 1 fully saturated rings. The van der Waals surface area contributed by atoms with Gasteiger partial charge in [-0.3, -0.25) is 14.4 Å². The van der Waals surface area contributed by atoms with Crippen molar-refractivity contribution in [2.75, 3.05) is 25.2 Å². The molecule has 1 saturated heterocycles. The number of fused-ring (bicyclic) bond motifs is 1. The van der Waals surface area contributed by atoms with Gasteiger partial charge in [-0.15, -0.1) is 11.3 Å². The SMILES string of the molecule is C[C@@H](OC(=O)C1CCN(C(=O)c2cccs2)CC1)C(=O)Nc1ccc2c(c1)OCO2. The van der Waals surface area contributed by atoms with E-state index in [-0.39, 0.29) is 18.6 Å². The molecule has 1 aromatic heterocycles. The van der Waals surface area contributed by atoms with Gasteiger partial charge in [0.05, 0.1) is 10.8 Å². The first-order valence-corrected chi connectivity index (χ1v) is 10.6. The minimum atomic E-state index is -0.936. The van der Waals surface area contributed by atoms with E-state index in [2.05, 4.69) is 5.32 Å². The van der Waals surface area contributed by atoms with Crippen molar-refractivity contribution in [3.05, 3.63) is 40.6 Å². The van der Waals surface area contributed by atoms with Gasteiger partial charge in [0.15, 0.2) is 17.6 Å². The van der Waals surface area contributed by atoms with Gasteiger partial charge in [-0.25, -0.2) is 0 Å². The second-order valence-corrected chi connectivity index (χ2v) is 8.13. The van der Waals surface area contributed by atoms with Gasteiger partial charge in [0.25, 0.3) is 11.8 Å². The van der Waals surface area contributed by atoms with E-state index in [9.17, 15) is 14.4 Å². The number of hydrogen-bond donors (Lipinski definition) is 1. The zero-order valence-corrected chi connectivity index (χ0v) is 17.3. The molecular formula is C21H22N2O6S. The van der Waals surface area contributed by atoms with E-state index < -0.39 is 18.0 Å². The van der Waals surface area contributed by atoms with Crippen molar-refractivity contribution in [2.45, 2.75) is 25.9 Å². The molecule has 2 amide bonds. The van der Waals surface area contributed by atoms with E-state index in [0.717, 1.165) is 0 Å². The first kappa shape index (κ1) is 20.2. The molecule has 158 valence electrons. The van der Waals surface area contributed by atoms with Crippen LogP contribution in [0.1, 0.15) is 29.4 Å². The van der Waals surface area contributed by atoms with Gasteiger partial charge in [0.2, 0.25) is 6.79 Å². The van der Waals surface area contributed by atoms with E-state index in [1.165, 1.54) is 18.3 Å². The number of piperidine rings is 1. The molecular weight excluding hydrogens is 408 g/mol. The highest BCUT2D eigenvalue weighted by Gasteiger charge is 2.31. The van der Waals surface area contributed by atoms with Crippen molar-refractivity contribution in [1.82, 2.24) is 4.90 Å². The Bertz CT molecular complexity index is 937. The third-order valence-electron chi connectivity index (χ3n) is 5.15. The fraction of sp³-hybridized carbons (Fsp3) is 0.381. The van der Waals surface area contributed by atoms with Gasteiger partial charge < -0.3 is 24.4 Å². The molecule has 0 saturated carbocycles. The van der Waals surface area contributed by atoms with Crippen LogP contribution in [0.2, 0.25) is 0 Å². The lowest BCUT2D eigenvalue weighted by molar-refractivity contribution is -0.158. The average molecular weight is 430 g/mol. The number of likely N-dealkylation sites (tertiary alicyclic amines) is 1. The Kier molecular flexibility index (Phi) is 5.89. The van der Waals surface area contributed by atoms with E-state index in [0.29, 0.717) is 48.0 Å². The summed E-state index contributed by atoms with van der Waals surface area (Å²) in [6, 6.07) is 8.71. The zero-order chi connectivity index (χ0) is 21.1. The molecule has 0 spiro atoms. The maximum absolute atomic E-state index is 12.5. The molecule has 2 aromatic rings. The molecule has 1 aromatic carbocycles. The van der Waals surface area contributed by atoms with Gasteiger partial charge in [-0.2, -0.15) is 0 Å². The lowest BCUT2D eigenvalue weighted by Gasteiger charge is -2.31. The van der Waals surface area contributed by atoms with Crippen molar-refractivity contribution in [3.8, 4) is 11.5 Å². The normalized spacial score (nSPS) is 16.8. The summed E-state index contributed by atoms with van der Waals surface area (Å²) in [6.45, 7) is 2.68. The minimum Gasteiger partial charge on any atom is -0.454 e. The predicted octanol–water partition coefficient (Wildman–Crippen LogP) is 2.90. The number of ether oxygens (including phenoxy) is 3. The monoisotopic (exact) mass is 430 g/mol. The van der Waals surface area contributed by atoms with E-state index >= 15 is 0 Å². The summed E-state index contributed by atoms with van der Waals surface area (Å²) in [5.41, 5.74) is 0.535. The van der Waals surface area contributed by atoms with Gasteiger partial charge >= 0.3 is 5.97 Å². The van der Waals surface area contributed by atoms with Gasteiger partial charge in [-0.05, 0) is 43.3 Å². The summed E-state index contributed by atoms with van der Waals surface area (Å²) >= 11 is 1.41. The molecule has 0 radical (unpaired) electrons. The Morgan fingerprint density at radius 1 is 1.17 bits per heavy atom. The molecule has 1 N–H and O–H groups in total.